The van der Waals surface area contributed by atoms with E-state index in [4.69, 9.17) is 10.7 Å². The summed E-state index contributed by atoms with van der Waals surface area (Å²) in [6.07, 6.45) is 1.58. The number of rotatable bonds is 3. The number of hydrogen-bond donors (Lipinski definition) is 0. The summed E-state index contributed by atoms with van der Waals surface area (Å²) in [6, 6.07) is 4.41. The molecule has 0 N–H and O–H groups in total. The highest BCUT2D eigenvalue weighted by Crippen LogP contribution is 2.42. The quantitative estimate of drug-likeness (QED) is 0.768. The van der Waals surface area contributed by atoms with Crippen LogP contribution in [0.25, 0.3) is 11.4 Å². The molecule has 1 aromatic carbocycles. The van der Waals surface area contributed by atoms with E-state index in [2.05, 4.69) is 26.1 Å². The highest BCUT2D eigenvalue weighted by Gasteiger charge is 2.35. The minimum Gasteiger partial charge on any atom is -0.294 e. The maximum atomic E-state index is 14.0. The Kier molecular flexibility index (Phi) is 3.34. The Morgan fingerprint density at radius 2 is 2.05 bits per heavy atom. The molecular formula is C11H8BrClFN3O2S. The van der Waals surface area contributed by atoms with Gasteiger partial charge in [-0.3, -0.25) is 4.57 Å². The fourth-order valence-corrected chi connectivity index (χ4v) is 3.43. The van der Waals surface area contributed by atoms with Gasteiger partial charge in [0.25, 0.3) is 14.2 Å². The lowest BCUT2D eigenvalue weighted by atomic mass is 10.2. The van der Waals surface area contributed by atoms with Crippen molar-refractivity contribution in [3.05, 3.63) is 28.5 Å². The van der Waals surface area contributed by atoms with Crippen LogP contribution in [0.4, 0.5) is 4.39 Å². The van der Waals surface area contributed by atoms with Crippen molar-refractivity contribution >= 4 is 35.7 Å². The third-order valence-electron chi connectivity index (χ3n) is 2.98. The zero-order valence-electron chi connectivity index (χ0n) is 9.92. The minimum atomic E-state index is -4.03. The van der Waals surface area contributed by atoms with E-state index in [-0.39, 0.29) is 22.6 Å². The van der Waals surface area contributed by atoms with Gasteiger partial charge < -0.3 is 0 Å². The maximum Gasteiger partial charge on any atom is 0.296 e. The molecule has 1 aromatic heterocycles. The number of halogens is 3. The fourth-order valence-electron chi connectivity index (χ4n) is 1.99. The first-order chi connectivity index (χ1) is 9.39. The van der Waals surface area contributed by atoms with Crippen molar-refractivity contribution < 1.29 is 12.8 Å². The Labute approximate surface area is 127 Å². The first-order valence-corrected chi connectivity index (χ1v) is 8.84. The van der Waals surface area contributed by atoms with Crippen LogP contribution in [-0.2, 0) is 9.05 Å². The average molecular weight is 381 g/mol. The molecule has 0 radical (unpaired) electrons. The molecule has 9 heteroatoms. The largest absolute Gasteiger partial charge is 0.296 e. The van der Waals surface area contributed by atoms with Gasteiger partial charge in [0.1, 0.15) is 5.82 Å². The molecule has 0 aliphatic heterocycles. The summed E-state index contributed by atoms with van der Waals surface area (Å²) in [5, 5.41) is 7.09. The van der Waals surface area contributed by atoms with Gasteiger partial charge in [-0.15, -0.1) is 10.2 Å². The summed E-state index contributed by atoms with van der Waals surface area (Å²) >= 11 is 3.24. The van der Waals surface area contributed by atoms with Gasteiger partial charge in [-0.05, 0) is 40.9 Å². The van der Waals surface area contributed by atoms with Crippen molar-refractivity contribution in [2.45, 2.75) is 24.0 Å². The molecule has 1 heterocycles. The van der Waals surface area contributed by atoms with Crippen molar-refractivity contribution in [2.75, 3.05) is 0 Å². The molecule has 1 fully saturated rings. The number of benzene rings is 1. The van der Waals surface area contributed by atoms with Gasteiger partial charge in [0.2, 0.25) is 0 Å². The number of aromatic nitrogens is 3. The van der Waals surface area contributed by atoms with Crippen molar-refractivity contribution in [2.24, 2.45) is 0 Å². The van der Waals surface area contributed by atoms with Crippen molar-refractivity contribution in [3.8, 4) is 11.4 Å². The molecule has 0 amide bonds. The van der Waals surface area contributed by atoms with Crippen LogP contribution in [0.1, 0.15) is 18.9 Å². The highest BCUT2D eigenvalue weighted by atomic mass is 79.9. The van der Waals surface area contributed by atoms with Gasteiger partial charge in [0, 0.05) is 21.2 Å². The molecule has 1 saturated carbocycles. The summed E-state index contributed by atoms with van der Waals surface area (Å²) < 4.78 is 39.0. The lowest BCUT2D eigenvalue weighted by Gasteiger charge is -2.09. The summed E-state index contributed by atoms with van der Waals surface area (Å²) in [5.41, 5.74) is 0.179. The minimum absolute atomic E-state index is 0.0602. The van der Waals surface area contributed by atoms with E-state index in [0.717, 1.165) is 12.8 Å². The van der Waals surface area contributed by atoms with Crippen molar-refractivity contribution in [1.29, 1.82) is 0 Å². The second kappa shape index (κ2) is 4.78. The van der Waals surface area contributed by atoms with Crippen molar-refractivity contribution in [1.82, 2.24) is 14.8 Å². The van der Waals surface area contributed by atoms with Gasteiger partial charge >= 0.3 is 0 Å². The topological polar surface area (TPSA) is 64.8 Å². The monoisotopic (exact) mass is 379 g/mol. The molecule has 0 atom stereocenters. The molecule has 1 aliphatic carbocycles. The Balaban J connectivity index is 2.28. The molecular weight excluding hydrogens is 373 g/mol. The van der Waals surface area contributed by atoms with E-state index in [0.29, 0.717) is 4.47 Å². The van der Waals surface area contributed by atoms with E-state index in [1.165, 1.54) is 10.6 Å². The Morgan fingerprint density at radius 1 is 1.35 bits per heavy atom. The van der Waals surface area contributed by atoms with Crippen LogP contribution in [0.5, 0.6) is 0 Å². The average Bonchev–Trinajstić information content (AvgIpc) is 3.08. The van der Waals surface area contributed by atoms with Crippen LogP contribution in [0.3, 0.4) is 0 Å². The van der Waals surface area contributed by atoms with Crippen LogP contribution in [0.15, 0.2) is 27.8 Å². The SMILES string of the molecule is O=S(=O)(Cl)c1nnc(-c2c(F)cccc2Br)n1C1CC1. The molecule has 0 unspecified atom stereocenters. The van der Waals surface area contributed by atoms with E-state index in [9.17, 15) is 12.8 Å². The third-order valence-corrected chi connectivity index (χ3v) is 4.77. The second-order valence-corrected chi connectivity index (χ2v) is 7.76. The number of hydrogen-bond acceptors (Lipinski definition) is 4. The molecule has 0 bridgehead atoms. The smallest absolute Gasteiger partial charge is 0.294 e. The first-order valence-electron chi connectivity index (χ1n) is 5.73. The zero-order valence-corrected chi connectivity index (χ0v) is 13.1. The molecule has 20 heavy (non-hydrogen) atoms. The summed E-state index contributed by atoms with van der Waals surface area (Å²) in [4.78, 5) is 0. The van der Waals surface area contributed by atoms with Gasteiger partial charge in [0.15, 0.2) is 5.82 Å². The summed E-state index contributed by atoms with van der Waals surface area (Å²) in [5.74, 6) is -0.344. The van der Waals surface area contributed by atoms with Gasteiger partial charge in [-0.2, -0.15) is 0 Å². The van der Waals surface area contributed by atoms with E-state index in [1.807, 2.05) is 0 Å². The summed E-state index contributed by atoms with van der Waals surface area (Å²) in [7, 11) is 1.33. The molecule has 2 aromatic rings. The molecule has 106 valence electrons. The summed E-state index contributed by atoms with van der Waals surface area (Å²) in [6.45, 7) is 0. The Bertz CT molecular complexity index is 769. The predicted octanol–water partition coefficient (Wildman–Crippen LogP) is 3.11. The highest BCUT2D eigenvalue weighted by molar-refractivity contribution is 9.10. The molecule has 3 rings (SSSR count). The normalized spacial score (nSPS) is 15.6. The molecule has 5 nitrogen and oxygen atoms in total. The van der Waals surface area contributed by atoms with Crippen molar-refractivity contribution in [3.63, 3.8) is 0 Å². The van der Waals surface area contributed by atoms with E-state index >= 15 is 0 Å². The molecule has 0 saturated heterocycles. The lowest BCUT2D eigenvalue weighted by molar-refractivity contribution is 0.577. The first kappa shape index (κ1) is 14.0. The van der Waals surface area contributed by atoms with Gasteiger partial charge in [0.05, 0.1) is 5.56 Å². The number of nitrogens with zero attached hydrogens (tertiary/aromatic N) is 3. The predicted molar refractivity (Wildman–Crippen MR) is 74.4 cm³/mol. The molecule has 1 aliphatic rings. The van der Waals surface area contributed by atoms with Crippen LogP contribution < -0.4 is 0 Å². The zero-order chi connectivity index (χ0) is 14.5. The second-order valence-electron chi connectivity index (χ2n) is 4.44. The molecule has 0 spiro atoms. The maximum absolute atomic E-state index is 14.0. The Hall–Kier alpha value is -0.990. The Morgan fingerprint density at radius 3 is 2.60 bits per heavy atom. The van der Waals surface area contributed by atoms with Gasteiger partial charge in [-0.1, -0.05) is 6.07 Å². The van der Waals surface area contributed by atoms with Crippen LogP contribution >= 0.6 is 26.6 Å². The van der Waals surface area contributed by atoms with Gasteiger partial charge in [-0.25, -0.2) is 12.8 Å². The van der Waals surface area contributed by atoms with E-state index in [1.54, 1.807) is 12.1 Å². The third kappa shape index (κ3) is 2.36. The van der Waals surface area contributed by atoms with Crippen LogP contribution in [-0.4, -0.2) is 23.2 Å². The van der Waals surface area contributed by atoms with Crippen LogP contribution in [0, 0.1) is 5.82 Å². The van der Waals surface area contributed by atoms with Crippen LogP contribution in [0.2, 0.25) is 0 Å². The lowest BCUT2D eigenvalue weighted by Crippen LogP contribution is -2.07. The standard InChI is InChI=1S/C11H8BrClFN3O2S/c12-7-2-1-3-8(14)9(7)10-15-16-11(20(13,18)19)17(10)6-4-5-6/h1-3,6H,4-5H2. The fraction of sp³-hybridized carbons (Fsp3) is 0.273. The van der Waals surface area contributed by atoms with E-state index < -0.39 is 14.9 Å².